The molecule has 0 bridgehead atoms. The van der Waals surface area contributed by atoms with Crippen LogP contribution in [0.25, 0.3) is 6.08 Å². The molecule has 1 aliphatic heterocycles. The Labute approximate surface area is 184 Å². The minimum Gasteiger partial charge on any atom is -0.493 e. The predicted octanol–water partition coefficient (Wildman–Crippen LogP) is 2.83. The summed E-state index contributed by atoms with van der Waals surface area (Å²) in [6.45, 7) is 5.08. The average molecular weight is 438 g/mol. The van der Waals surface area contributed by atoms with Crippen LogP contribution >= 0.6 is 0 Å². The van der Waals surface area contributed by atoms with E-state index < -0.39 is 29.9 Å². The van der Waals surface area contributed by atoms with E-state index >= 15 is 0 Å². The molecule has 1 fully saturated rings. The predicted molar refractivity (Wildman–Crippen MR) is 116 cm³/mol. The number of ether oxygens (including phenoxy) is 2. The zero-order chi connectivity index (χ0) is 23.6. The highest BCUT2D eigenvalue weighted by Gasteiger charge is 2.37. The first-order valence-corrected chi connectivity index (χ1v) is 9.69. The third-order valence-corrected chi connectivity index (χ3v) is 5.02. The highest BCUT2D eigenvalue weighted by Crippen LogP contribution is 2.34. The summed E-state index contributed by atoms with van der Waals surface area (Å²) in [6, 6.07) is 8.89. The van der Waals surface area contributed by atoms with Crippen LogP contribution in [0.15, 0.2) is 42.0 Å². The lowest BCUT2D eigenvalue weighted by Crippen LogP contribution is -2.54. The van der Waals surface area contributed by atoms with Crippen molar-refractivity contribution in [2.75, 3.05) is 12.0 Å². The molecule has 2 N–H and O–H groups in total. The topological polar surface area (TPSA) is 122 Å². The van der Waals surface area contributed by atoms with Crippen LogP contribution in [0, 0.1) is 13.8 Å². The molecule has 9 nitrogen and oxygen atoms in total. The van der Waals surface area contributed by atoms with Gasteiger partial charge in [0.1, 0.15) is 5.57 Å². The fourth-order valence-corrected chi connectivity index (χ4v) is 3.07. The Morgan fingerprint density at radius 1 is 1.12 bits per heavy atom. The van der Waals surface area contributed by atoms with Crippen molar-refractivity contribution in [3.8, 4) is 11.5 Å². The highest BCUT2D eigenvalue weighted by atomic mass is 16.5. The molecule has 9 heteroatoms. The molecule has 32 heavy (non-hydrogen) atoms. The Balaban J connectivity index is 2.08. The number of amides is 4. The number of benzene rings is 2. The van der Waals surface area contributed by atoms with Crippen molar-refractivity contribution in [1.29, 1.82) is 0 Å². The van der Waals surface area contributed by atoms with Crippen LogP contribution in [0.4, 0.5) is 10.5 Å². The van der Waals surface area contributed by atoms with E-state index in [0.717, 1.165) is 16.0 Å². The van der Waals surface area contributed by atoms with E-state index in [4.69, 9.17) is 9.47 Å². The molecular formula is C23H22N2O7. The van der Waals surface area contributed by atoms with Gasteiger partial charge in [-0.15, -0.1) is 0 Å². The molecule has 3 rings (SSSR count). The third-order valence-electron chi connectivity index (χ3n) is 5.02. The first kappa shape index (κ1) is 22.5. The summed E-state index contributed by atoms with van der Waals surface area (Å²) < 4.78 is 10.8. The summed E-state index contributed by atoms with van der Waals surface area (Å²) in [7, 11) is 1.38. The Hall–Kier alpha value is -4.14. The van der Waals surface area contributed by atoms with E-state index in [1.807, 2.05) is 13.8 Å². The van der Waals surface area contributed by atoms with Crippen LogP contribution in [0.1, 0.15) is 23.6 Å². The van der Waals surface area contributed by atoms with E-state index in [0.29, 0.717) is 5.69 Å². The number of urea groups is 1. The normalized spacial score (nSPS) is 16.1. The summed E-state index contributed by atoms with van der Waals surface area (Å²) in [6.07, 6.45) is 0.0258. The highest BCUT2D eigenvalue weighted by molar-refractivity contribution is 6.39. The number of carboxylic acid groups (broad SMARTS) is 1. The van der Waals surface area contributed by atoms with Gasteiger partial charge in [-0.1, -0.05) is 18.2 Å². The van der Waals surface area contributed by atoms with Gasteiger partial charge < -0.3 is 14.6 Å². The SMILES string of the molecule is COc1cccc(/C=C2\C(=O)NC(=O)N(c3ccc(C)c(C)c3)C2=O)c1O[C@@H](C)C(=O)O. The minimum atomic E-state index is -1.21. The lowest BCUT2D eigenvalue weighted by molar-refractivity contribution is -0.144. The van der Waals surface area contributed by atoms with Crippen LogP contribution in [0.3, 0.4) is 0 Å². The molecule has 0 saturated carbocycles. The molecule has 0 aliphatic carbocycles. The van der Waals surface area contributed by atoms with Crippen LogP contribution < -0.4 is 19.7 Å². The molecule has 0 radical (unpaired) electrons. The molecule has 0 spiro atoms. The molecule has 166 valence electrons. The second-order valence-electron chi connectivity index (χ2n) is 7.20. The van der Waals surface area contributed by atoms with E-state index in [-0.39, 0.29) is 22.6 Å². The zero-order valence-corrected chi connectivity index (χ0v) is 18.0. The van der Waals surface area contributed by atoms with Crippen LogP contribution in [0.2, 0.25) is 0 Å². The van der Waals surface area contributed by atoms with Gasteiger partial charge in [0, 0.05) is 5.56 Å². The molecule has 2 aromatic rings. The summed E-state index contributed by atoms with van der Waals surface area (Å²) >= 11 is 0. The number of carbonyl (C=O) groups is 4. The zero-order valence-electron chi connectivity index (χ0n) is 18.0. The van der Waals surface area contributed by atoms with Gasteiger partial charge in [0.25, 0.3) is 11.8 Å². The number of nitrogens with one attached hydrogen (secondary N) is 1. The van der Waals surface area contributed by atoms with Gasteiger partial charge in [-0.05, 0) is 56.2 Å². The number of hydrogen-bond donors (Lipinski definition) is 2. The van der Waals surface area contributed by atoms with Gasteiger partial charge in [0.15, 0.2) is 17.6 Å². The number of rotatable bonds is 6. The minimum absolute atomic E-state index is 0.0487. The van der Waals surface area contributed by atoms with Gasteiger partial charge >= 0.3 is 12.0 Å². The first-order valence-electron chi connectivity index (χ1n) is 9.69. The van der Waals surface area contributed by atoms with Crippen LogP contribution in [0.5, 0.6) is 11.5 Å². The number of para-hydroxylation sites is 1. The third kappa shape index (κ3) is 4.31. The summed E-state index contributed by atoms with van der Waals surface area (Å²) in [4.78, 5) is 50.2. The number of barbiturate groups is 1. The van der Waals surface area contributed by atoms with Crippen molar-refractivity contribution in [1.82, 2.24) is 5.32 Å². The Kier molecular flexibility index (Phi) is 6.29. The monoisotopic (exact) mass is 438 g/mol. The van der Waals surface area contributed by atoms with Crippen molar-refractivity contribution < 1.29 is 33.8 Å². The van der Waals surface area contributed by atoms with E-state index in [2.05, 4.69) is 5.32 Å². The fraction of sp³-hybridized carbons (Fsp3) is 0.217. The molecule has 1 aliphatic rings. The number of aliphatic carboxylic acids is 1. The number of hydrogen-bond acceptors (Lipinski definition) is 6. The number of nitrogens with zero attached hydrogens (tertiary/aromatic N) is 1. The molecule has 1 atom stereocenters. The molecule has 1 saturated heterocycles. The lowest BCUT2D eigenvalue weighted by Gasteiger charge is -2.27. The van der Waals surface area contributed by atoms with Gasteiger partial charge in [-0.25, -0.2) is 14.5 Å². The maximum atomic E-state index is 13.2. The smallest absolute Gasteiger partial charge is 0.344 e. The largest absolute Gasteiger partial charge is 0.493 e. The lowest BCUT2D eigenvalue weighted by atomic mass is 10.0. The van der Waals surface area contributed by atoms with Crippen molar-refractivity contribution in [2.24, 2.45) is 0 Å². The second kappa shape index (κ2) is 8.93. The number of carbonyl (C=O) groups excluding carboxylic acids is 3. The van der Waals surface area contributed by atoms with E-state index in [9.17, 15) is 24.3 Å². The number of carboxylic acids is 1. The van der Waals surface area contributed by atoms with E-state index in [1.165, 1.54) is 26.2 Å². The summed E-state index contributed by atoms with van der Waals surface area (Å²) in [5.74, 6) is -2.62. The van der Waals surface area contributed by atoms with Gasteiger partial charge in [-0.2, -0.15) is 0 Å². The number of methoxy groups -OCH3 is 1. The van der Waals surface area contributed by atoms with Gasteiger partial charge in [-0.3, -0.25) is 14.9 Å². The van der Waals surface area contributed by atoms with Crippen LogP contribution in [-0.4, -0.2) is 42.1 Å². The summed E-state index contributed by atoms with van der Waals surface area (Å²) in [5.41, 5.74) is 2.10. The van der Waals surface area contributed by atoms with Crippen molar-refractivity contribution in [2.45, 2.75) is 26.9 Å². The first-order chi connectivity index (χ1) is 15.1. The molecule has 4 amide bonds. The van der Waals surface area contributed by atoms with Crippen LogP contribution in [-0.2, 0) is 14.4 Å². The maximum absolute atomic E-state index is 13.2. The fourth-order valence-electron chi connectivity index (χ4n) is 3.07. The van der Waals surface area contributed by atoms with Crippen molar-refractivity contribution >= 4 is 35.6 Å². The molecule has 2 aromatic carbocycles. The standard InChI is InChI=1S/C23H22N2O7/c1-12-8-9-16(10-13(12)2)25-21(27)17(20(26)24-23(25)30)11-15-6-5-7-18(31-4)19(15)32-14(3)22(28)29/h5-11,14H,1-4H3,(H,28,29)(H,24,26,30)/b17-11+/t14-/m0/s1. The number of imide groups is 2. The maximum Gasteiger partial charge on any atom is 0.344 e. The molecule has 1 heterocycles. The molecule has 0 aromatic heterocycles. The number of aryl methyl sites for hydroxylation is 2. The Morgan fingerprint density at radius 2 is 1.84 bits per heavy atom. The van der Waals surface area contributed by atoms with Crippen molar-refractivity contribution in [3.05, 3.63) is 58.7 Å². The van der Waals surface area contributed by atoms with Crippen molar-refractivity contribution in [3.63, 3.8) is 0 Å². The average Bonchev–Trinajstić information content (AvgIpc) is 2.74. The summed E-state index contributed by atoms with van der Waals surface area (Å²) in [5, 5.41) is 11.4. The Bertz CT molecular complexity index is 1150. The van der Waals surface area contributed by atoms with E-state index in [1.54, 1.807) is 30.3 Å². The van der Waals surface area contributed by atoms with Gasteiger partial charge in [0.05, 0.1) is 12.8 Å². The number of anilines is 1. The molecular weight excluding hydrogens is 416 g/mol. The van der Waals surface area contributed by atoms with Gasteiger partial charge in [0.2, 0.25) is 0 Å². The quantitative estimate of drug-likeness (QED) is 0.525. The molecule has 0 unspecified atom stereocenters. The Morgan fingerprint density at radius 3 is 2.47 bits per heavy atom. The second-order valence-corrected chi connectivity index (χ2v) is 7.20.